The maximum absolute atomic E-state index is 9.70. The summed E-state index contributed by atoms with van der Waals surface area (Å²) in [6, 6.07) is 8.29. The summed E-state index contributed by atoms with van der Waals surface area (Å²) in [5.74, 6) is 1.61. The Labute approximate surface area is 141 Å². The highest BCUT2D eigenvalue weighted by Gasteiger charge is 2.30. The van der Waals surface area contributed by atoms with Gasteiger partial charge in [-0.3, -0.25) is 0 Å². The van der Waals surface area contributed by atoms with Gasteiger partial charge in [0.1, 0.15) is 5.82 Å². The summed E-state index contributed by atoms with van der Waals surface area (Å²) in [6.45, 7) is 2.08. The second-order valence-electron chi connectivity index (χ2n) is 6.71. The molecule has 4 rings (SSSR count). The summed E-state index contributed by atoms with van der Waals surface area (Å²) in [7, 11) is 0. The number of hydrogen-bond acceptors (Lipinski definition) is 6. The molecule has 3 heterocycles. The molecule has 0 amide bonds. The molecular formula is C18H24N4O2. The van der Waals surface area contributed by atoms with Crippen LogP contribution in [0.2, 0.25) is 0 Å². The molecule has 2 saturated heterocycles. The SMILES string of the molecule is OCC1CCCN1c1nc(N2CCCC2CO)c2ccccc2n1. The highest BCUT2D eigenvalue weighted by atomic mass is 16.3. The van der Waals surface area contributed by atoms with E-state index in [-0.39, 0.29) is 25.3 Å². The van der Waals surface area contributed by atoms with Gasteiger partial charge in [-0.25, -0.2) is 4.98 Å². The van der Waals surface area contributed by atoms with E-state index in [1.54, 1.807) is 0 Å². The van der Waals surface area contributed by atoms with Crippen LogP contribution in [0.5, 0.6) is 0 Å². The van der Waals surface area contributed by atoms with Gasteiger partial charge in [-0.2, -0.15) is 4.98 Å². The number of anilines is 2. The maximum atomic E-state index is 9.70. The average molecular weight is 328 g/mol. The summed E-state index contributed by atoms with van der Waals surface area (Å²) >= 11 is 0. The third-order valence-corrected chi connectivity index (χ3v) is 5.28. The van der Waals surface area contributed by atoms with Gasteiger partial charge in [0.15, 0.2) is 0 Å². The van der Waals surface area contributed by atoms with Gasteiger partial charge in [0, 0.05) is 18.5 Å². The Morgan fingerprint density at radius 1 is 0.917 bits per heavy atom. The van der Waals surface area contributed by atoms with Crippen LogP contribution in [0.1, 0.15) is 25.7 Å². The second-order valence-corrected chi connectivity index (χ2v) is 6.71. The minimum absolute atomic E-state index is 0.103. The van der Waals surface area contributed by atoms with Crippen LogP contribution < -0.4 is 9.80 Å². The van der Waals surface area contributed by atoms with Crippen LogP contribution in [0.15, 0.2) is 24.3 Å². The molecule has 0 bridgehead atoms. The van der Waals surface area contributed by atoms with Crippen LogP contribution in [-0.4, -0.2) is 58.6 Å². The summed E-state index contributed by atoms with van der Waals surface area (Å²) in [5, 5.41) is 20.4. The summed E-state index contributed by atoms with van der Waals surface area (Å²) in [6.07, 6.45) is 4.10. The van der Waals surface area contributed by atoms with E-state index in [1.165, 1.54) is 0 Å². The first-order chi connectivity index (χ1) is 11.8. The largest absolute Gasteiger partial charge is 0.394 e. The van der Waals surface area contributed by atoms with Gasteiger partial charge in [-0.05, 0) is 37.8 Å². The predicted octanol–water partition coefficient (Wildman–Crippen LogP) is 1.55. The van der Waals surface area contributed by atoms with Gasteiger partial charge in [-0.1, -0.05) is 12.1 Å². The molecule has 0 spiro atoms. The molecule has 1 aromatic carbocycles. The first-order valence-electron chi connectivity index (χ1n) is 8.83. The standard InChI is InChI=1S/C18H24N4O2/c23-11-13-5-3-9-21(13)17-15-7-1-2-8-16(15)19-18(20-17)22-10-4-6-14(22)12-24/h1-2,7-8,13-14,23-24H,3-6,9-12H2. The molecule has 6 nitrogen and oxygen atoms in total. The molecule has 2 atom stereocenters. The molecular weight excluding hydrogens is 304 g/mol. The quantitative estimate of drug-likeness (QED) is 0.887. The molecule has 2 unspecified atom stereocenters. The second kappa shape index (κ2) is 6.53. The van der Waals surface area contributed by atoms with Gasteiger partial charge in [-0.15, -0.1) is 0 Å². The average Bonchev–Trinajstić information content (AvgIpc) is 3.29. The van der Waals surface area contributed by atoms with E-state index in [1.807, 2.05) is 18.2 Å². The van der Waals surface area contributed by atoms with Crippen molar-refractivity contribution in [3.63, 3.8) is 0 Å². The fourth-order valence-electron chi connectivity index (χ4n) is 3.99. The van der Waals surface area contributed by atoms with E-state index in [4.69, 9.17) is 9.97 Å². The fourth-order valence-corrected chi connectivity index (χ4v) is 3.99. The Balaban J connectivity index is 1.82. The number of nitrogens with zero attached hydrogens (tertiary/aromatic N) is 4. The van der Waals surface area contributed by atoms with Gasteiger partial charge >= 0.3 is 0 Å². The molecule has 2 aromatic rings. The zero-order chi connectivity index (χ0) is 16.5. The van der Waals surface area contributed by atoms with Crippen molar-refractivity contribution in [3.8, 4) is 0 Å². The van der Waals surface area contributed by atoms with E-state index in [0.29, 0.717) is 5.95 Å². The van der Waals surface area contributed by atoms with E-state index in [2.05, 4.69) is 15.9 Å². The Bertz CT molecular complexity index is 723. The van der Waals surface area contributed by atoms with Crippen molar-refractivity contribution in [1.82, 2.24) is 9.97 Å². The molecule has 0 aliphatic carbocycles. The smallest absolute Gasteiger partial charge is 0.228 e. The molecule has 2 aliphatic rings. The number of para-hydroxylation sites is 1. The normalized spacial score (nSPS) is 24.2. The minimum atomic E-state index is 0.103. The lowest BCUT2D eigenvalue weighted by Crippen LogP contribution is -2.36. The highest BCUT2D eigenvalue weighted by Crippen LogP contribution is 2.33. The van der Waals surface area contributed by atoms with Crippen LogP contribution in [0, 0.1) is 0 Å². The zero-order valence-electron chi connectivity index (χ0n) is 13.8. The molecule has 0 saturated carbocycles. The van der Waals surface area contributed by atoms with Crippen molar-refractivity contribution in [1.29, 1.82) is 0 Å². The minimum Gasteiger partial charge on any atom is -0.394 e. The lowest BCUT2D eigenvalue weighted by Gasteiger charge is -2.28. The third-order valence-electron chi connectivity index (χ3n) is 5.28. The number of aliphatic hydroxyl groups is 2. The van der Waals surface area contributed by atoms with Gasteiger partial charge in [0.25, 0.3) is 0 Å². The van der Waals surface area contributed by atoms with Crippen LogP contribution in [0.4, 0.5) is 11.8 Å². The van der Waals surface area contributed by atoms with Crippen molar-refractivity contribution in [2.24, 2.45) is 0 Å². The van der Waals surface area contributed by atoms with Crippen molar-refractivity contribution >= 4 is 22.7 Å². The van der Waals surface area contributed by atoms with Crippen LogP contribution in [0.25, 0.3) is 10.9 Å². The Kier molecular flexibility index (Phi) is 4.24. The molecule has 24 heavy (non-hydrogen) atoms. The predicted molar refractivity (Wildman–Crippen MR) is 94.4 cm³/mol. The zero-order valence-corrected chi connectivity index (χ0v) is 13.8. The van der Waals surface area contributed by atoms with Crippen LogP contribution >= 0.6 is 0 Å². The summed E-state index contributed by atoms with van der Waals surface area (Å²) in [4.78, 5) is 14.0. The van der Waals surface area contributed by atoms with Gasteiger partial charge in [0.05, 0.1) is 30.8 Å². The fraction of sp³-hybridized carbons (Fsp3) is 0.556. The molecule has 128 valence electrons. The Morgan fingerprint density at radius 3 is 2.33 bits per heavy atom. The Hall–Kier alpha value is -1.92. The van der Waals surface area contributed by atoms with E-state index >= 15 is 0 Å². The number of rotatable bonds is 4. The van der Waals surface area contributed by atoms with Gasteiger partial charge in [0.2, 0.25) is 5.95 Å². The van der Waals surface area contributed by atoms with E-state index < -0.39 is 0 Å². The first-order valence-corrected chi connectivity index (χ1v) is 8.83. The number of aromatic nitrogens is 2. The lowest BCUT2D eigenvalue weighted by molar-refractivity contribution is 0.265. The number of aliphatic hydroxyl groups excluding tert-OH is 2. The molecule has 2 fully saturated rings. The maximum Gasteiger partial charge on any atom is 0.228 e. The van der Waals surface area contributed by atoms with Crippen molar-refractivity contribution in [2.45, 2.75) is 37.8 Å². The number of fused-ring (bicyclic) bond motifs is 1. The van der Waals surface area contributed by atoms with Crippen molar-refractivity contribution in [2.75, 3.05) is 36.1 Å². The van der Waals surface area contributed by atoms with E-state index in [0.717, 1.165) is 55.5 Å². The number of hydrogen-bond donors (Lipinski definition) is 2. The molecule has 1 aromatic heterocycles. The van der Waals surface area contributed by atoms with Crippen LogP contribution in [0.3, 0.4) is 0 Å². The molecule has 2 N–H and O–H groups in total. The monoisotopic (exact) mass is 328 g/mol. The first kappa shape index (κ1) is 15.6. The van der Waals surface area contributed by atoms with Crippen LogP contribution in [-0.2, 0) is 0 Å². The molecule has 0 radical (unpaired) electrons. The van der Waals surface area contributed by atoms with E-state index in [9.17, 15) is 10.2 Å². The molecule has 2 aliphatic heterocycles. The van der Waals surface area contributed by atoms with Gasteiger partial charge < -0.3 is 20.0 Å². The molecule has 6 heteroatoms. The number of benzene rings is 1. The summed E-state index contributed by atoms with van der Waals surface area (Å²) in [5.41, 5.74) is 0.921. The van der Waals surface area contributed by atoms with Crippen molar-refractivity contribution < 1.29 is 10.2 Å². The van der Waals surface area contributed by atoms with Crippen molar-refractivity contribution in [3.05, 3.63) is 24.3 Å². The Morgan fingerprint density at radius 2 is 1.58 bits per heavy atom. The highest BCUT2D eigenvalue weighted by molar-refractivity contribution is 5.90. The lowest BCUT2D eigenvalue weighted by atomic mass is 10.2. The topological polar surface area (TPSA) is 72.7 Å². The summed E-state index contributed by atoms with van der Waals surface area (Å²) < 4.78 is 0. The third kappa shape index (κ3) is 2.59.